The summed E-state index contributed by atoms with van der Waals surface area (Å²) in [5, 5.41) is 15.3. The van der Waals surface area contributed by atoms with E-state index < -0.39 is 11.9 Å². The maximum absolute atomic E-state index is 13.2. The van der Waals surface area contributed by atoms with Crippen molar-refractivity contribution < 1.29 is 19.0 Å². The fourth-order valence-corrected chi connectivity index (χ4v) is 1.56. The first kappa shape index (κ1) is 16.4. The molecular formula is C14H21FN2O3. The van der Waals surface area contributed by atoms with Crippen LogP contribution in [0, 0.1) is 5.82 Å². The van der Waals surface area contributed by atoms with E-state index in [1.165, 1.54) is 12.1 Å². The average molecular weight is 284 g/mol. The number of nitrogens with one attached hydrogen (secondary N) is 2. The van der Waals surface area contributed by atoms with Crippen LogP contribution in [-0.4, -0.2) is 43.4 Å². The van der Waals surface area contributed by atoms with Crippen LogP contribution in [0.25, 0.3) is 0 Å². The van der Waals surface area contributed by atoms with E-state index in [0.717, 1.165) is 0 Å². The summed E-state index contributed by atoms with van der Waals surface area (Å²) >= 11 is 0. The smallest absolute Gasteiger partial charge is 0.221 e. The molecule has 0 radical (unpaired) electrons. The molecule has 1 aromatic rings. The lowest BCUT2D eigenvalue weighted by molar-refractivity contribution is -0.120. The van der Waals surface area contributed by atoms with Gasteiger partial charge in [-0.25, -0.2) is 4.39 Å². The molecule has 0 bridgehead atoms. The summed E-state index contributed by atoms with van der Waals surface area (Å²) in [6.07, 6.45) is -0.404. The van der Waals surface area contributed by atoms with Crippen molar-refractivity contribution in [1.82, 2.24) is 10.6 Å². The molecule has 0 aromatic heterocycles. The number of ether oxygens (including phenoxy) is 1. The third-order valence-corrected chi connectivity index (χ3v) is 2.55. The van der Waals surface area contributed by atoms with Gasteiger partial charge in [0.15, 0.2) is 11.6 Å². The largest absolute Gasteiger partial charge is 0.488 e. The van der Waals surface area contributed by atoms with Gasteiger partial charge in [0.1, 0.15) is 12.7 Å². The van der Waals surface area contributed by atoms with Crippen LogP contribution < -0.4 is 15.4 Å². The first-order valence-corrected chi connectivity index (χ1v) is 6.66. The number of halogens is 1. The third-order valence-electron chi connectivity index (χ3n) is 2.55. The molecule has 0 saturated carbocycles. The van der Waals surface area contributed by atoms with Crippen LogP contribution in [0.15, 0.2) is 24.3 Å². The quantitative estimate of drug-likeness (QED) is 0.583. The maximum Gasteiger partial charge on any atom is 0.221 e. The minimum absolute atomic E-state index is 0.00487. The molecule has 1 atom stereocenters. The first-order chi connectivity index (χ1) is 9.63. The number of carbonyl (C=O) groups is 1. The van der Waals surface area contributed by atoms with E-state index in [1.54, 1.807) is 12.1 Å². The van der Waals surface area contributed by atoms with Gasteiger partial charge in [-0.3, -0.25) is 4.79 Å². The molecule has 112 valence electrons. The van der Waals surface area contributed by atoms with Crippen molar-refractivity contribution >= 4 is 5.91 Å². The summed E-state index contributed by atoms with van der Waals surface area (Å²) in [5.41, 5.74) is 0. The minimum Gasteiger partial charge on any atom is -0.488 e. The average Bonchev–Trinajstić information content (AvgIpc) is 2.43. The topological polar surface area (TPSA) is 70.6 Å². The number of amides is 1. The lowest BCUT2D eigenvalue weighted by Gasteiger charge is -2.13. The van der Waals surface area contributed by atoms with Crippen molar-refractivity contribution in [3.63, 3.8) is 0 Å². The van der Waals surface area contributed by atoms with Crippen LogP contribution in [0.2, 0.25) is 0 Å². The Balaban J connectivity index is 2.13. The Hall–Kier alpha value is -1.66. The Labute approximate surface area is 118 Å². The standard InChI is InChI=1S/C14H21FN2O3/c1-2-17-14(19)7-8-16-9-11(18)10-20-13-6-4-3-5-12(13)15/h3-6,11,16,18H,2,7-10H2,1H3,(H,17,19). The van der Waals surface area contributed by atoms with Gasteiger partial charge >= 0.3 is 0 Å². The Kier molecular flexibility index (Phi) is 7.60. The molecule has 0 spiro atoms. The Morgan fingerprint density at radius 3 is 2.90 bits per heavy atom. The number of aliphatic hydroxyl groups excluding tert-OH is 1. The molecule has 0 heterocycles. The zero-order valence-corrected chi connectivity index (χ0v) is 11.6. The van der Waals surface area contributed by atoms with E-state index >= 15 is 0 Å². The van der Waals surface area contributed by atoms with Crippen molar-refractivity contribution in [3.05, 3.63) is 30.1 Å². The van der Waals surface area contributed by atoms with Gasteiger partial charge in [0, 0.05) is 26.1 Å². The van der Waals surface area contributed by atoms with Crippen LogP contribution in [-0.2, 0) is 4.79 Å². The molecule has 6 heteroatoms. The van der Waals surface area contributed by atoms with Crippen LogP contribution >= 0.6 is 0 Å². The second kappa shape index (κ2) is 9.28. The van der Waals surface area contributed by atoms with Crippen molar-refractivity contribution in [2.24, 2.45) is 0 Å². The summed E-state index contributed by atoms with van der Waals surface area (Å²) in [4.78, 5) is 11.2. The number of rotatable bonds is 9. The number of aliphatic hydroxyl groups is 1. The molecule has 1 aromatic carbocycles. The molecule has 3 N–H and O–H groups in total. The summed E-state index contributed by atoms with van der Waals surface area (Å²) in [6, 6.07) is 6.04. The highest BCUT2D eigenvalue weighted by molar-refractivity contribution is 5.75. The lowest BCUT2D eigenvalue weighted by Crippen LogP contribution is -2.34. The number of hydrogen-bond acceptors (Lipinski definition) is 4. The number of hydrogen-bond donors (Lipinski definition) is 3. The monoisotopic (exact) mass is 284 g/mol. The summed E-state index contributed by atoms with van der Waals surface area (Å²) in [7, 11) is 0. The van der Waals surface area contributed by atoms with Gasteiger partial charge < -0.3 is 20.5 Å². The van der Waals surface area contributed by atoms with Crippen LogP contribution in [0.5, 0.6) is 5.75 Å². The summed E-state index contributed by atoms with van der Waals surface area (Å²) < 4.78 is 18.4. The molecule has 1 unspecified atom stereocenters. The fourth-order valence-electron chi connectivity index (χ4n) is 1.56. The molecule has 0 aliphatic heterocycles. The Morgan fingerprint density at radius 2 is 2.20 bits per heavy atom. The molecule has 0 saturated heterocycles. The number of para-hydroxylation sites is 1. The molecule has 5 nitrogen and oxygen atoms in total. The van der Waals surface area contributed by atoms with E-state index in [4.69, 9.17) is 4.74 Å². The van der Waals surface area contributed by atoms with Gasteiger partial charge in [0.25, 0.3) is 0 Å². The van der Waals surface area contributed by atoms with Crippen molar-refractivity contribution in [1.29, 1.82) is 0 Å². The summed E-state index contributed by atoms with van der Waals surface area (Å²) in [5.74, 6) is -0.366. The highest BCUT2D eigenvalue weighted by Crippen LogP contribution is 2.15. The molecule has 1 amide bonds. The highest BCUT2D eigenvalue weighted by atomic mass is 19.1. The maximum atomic E-state index is 13.2. The molecular weight excluding hydrogens is 263 g/mol. The first-order valence-electron chi connectivity index (χ1n) is 6.66. The van der Waals surface area contributed by atoms with Gasteiger partial charge in [0.05, 0.1) is 0 Å². The highest BCUT2D eigenvalue weighted by Gasteiger charge is 2.07. The van der Waals surface area contributed by atoms with Gasteiger partial charge in [-0.15, -0.1) is 0 Å². The zero-order chi connectivity index (χ0) is 14.8. The van der Waals surface area contributed by atoms with E-state index in [-0.39, 0.29) is 24.8 Å². The van der Waals surface area contributed by atoms with E-state index in [1.807, 2.05) is 6.92 Å². The van der Waals surface area contributed by atoms with E-state index in [0.29, 0.717) is 19.5 Å². The van der Waals surface area contributed by atoms with Gasteiger partial charge in [-0.05, 0) is 19.1 Å². The van der Waals surface area contributed by atoms with Crippen molar-refractivity contribution in [2.75, 3.05) is 26.2 Å². The number of carbonyl (C=O) groups excluding carboxylic acids is 1. The summed E-state index contributed by atoms with van der Waals surface area (Å²) in [6.45, 7) is 3.22. The molecule has 0 aliphatic rings. The van der Waals surface area contributed by atoms with E-state index in [9.17, 15) is 14.3 Å². The Bertz CT molecular complexity index is 415. The predicted molar refractivity (Wildman–Crippen MR) is 74.1 cm³/mol. The lowest BCUT2D eigenvalue weighted by atomic mass is 10.3. The minimum atomic E-state index is -0.760. The normalized spacial score (nSPS) is 11.9. The predicted octanol–water partition coefficient (Wildman–Crippen LogP) is 0.681. The second-order valence-corrected chi connectivity index (χ2v) is 4.30. The fraction of sp³-hybridized carbons (Fsp3) is 0.500. The Morgan fingerprint density at radius 1 is 1.45 bits per heavy atom. The van der Waals surface area contributed by atoms with Crippen LogP contribution in [0.4, 0.5) is 4.39 Å². The number of benzene rings is 1. The van der Waals surface area contributed by atoms with E-state index in [2.05, 4.69) is 10.6 Å². The van der Waals surface area contributed by atoms with Crippen LogP contribution in [0.3, 0.4) is 0 Å². The van der Waals surface area contributed by atoms with Gasteiger partial charge in [0.2, 0.25) is 5.91 Å². The third kappa shape index (κ3) is 6.49. The zero-order valence-electron chi connectivity index (χ0n) is 11.6. The molecule has 1 rings (SSSR count). The molecule has 0 aliphatic carbocycles. The van der Waals surface area contributed by atoms with Crippen molar-refractivity contribution in [2.45, 2.75) is 19.4 Å². The second-order valence-electron chi connectivity index (χ2n) is 4.30. The SMILES string of the molecule is CCNC(=O)CCNCC(O)COc1ccccc1F. The van der Waals surface area contributed by atoms with Gasteiger partial charge in [-0.1, -0.05) is 12.1 Å². The van der Waals surface area contributed by atoms with Gasteiger partial charge in [-0.2, -0.15) is 0 Å². The molecule has 0 fully saturated rings. The van der Waals surface area contributed by atoms with Crippen LogP contribution in [0.1, 0.15) is 13.3 Å². The van der Waals surface area contributed by atoms with Crippen molar-refractivity contribution in [3.8, 4) is 5.75 Å². The molecule has 20 heavy (non-hydrogen) atoms.